The zero-order valence-corrected chi connectivity index (χ0v) is 14.3. The Hall–Kier alpha value is -3.80. The molecule has 0 amide bonds. The van der Waals surface area contributed by atoms with Crippen LogP contribution in [-0.4, -0.2) is 13.1 Å². The van der Waals surface area contributed by atoms with Crippen molar-refractivity contribution >= 4 is 16.9 Å². The molecule has 0 fully saturated rings. The third kappa shape index (κ3) is 3.20. The third-order valence-electron chi connectivity index (χ3n) is 4.08. The quantitative estimate of drug-likeness (QED) is 0.398. The minimum atomic E-state index is -0.628. The molecule has 0 radical (unpaired) electrons. The lowest BCUT2D eigenvalue weighted by Gasteiger charge is -2.06. The fraction of sp³-hybridized carbons (Fsp3) is 0.0476. The van der Waals surface area contributed by atoms with E-state index in [0.29, 0.717) is 22.3 Å². The summed E-state index contributed by atoms with van der Waals surface area (Å²) in [5.41, 5.74) is 1.30. The summed E-state index contributed by atoms with van der Waals surface area (Å²) >= 11 is 0. The van der Waals surface area contributed by atoms with Crippen molar-refractivity contribution in [1.29, 1.82) is 0 Å². The molecular formula is C21H14O6. The van der Waals surface area contributed by atoms with Gasteiger partial charge in [0.1, 0.15) is 23.3 Å². The normalized spacial score (nSPS) is 10.7. The number of methoxy groups -OCH3 is 1. The lowest BCUT2D eigenvalue weighted by atomic mass is 10.1. The Morgan fingerprint density at radius 2 is 1.74 bits per heavy atom. The Balaban J connectivity index is 1.67. The van der Waals surface area contributed by atoms with Crippen molar-refractivity contribution in [1.82, 2.24) is 0 Å². The molecule has 4 rings (SSSR count). The highest BCUT2D eigenvalue weighted by Gasteiger charge is 2.14. The molecule has 0 bridgehead atoms. The zero-order valence-electron chi connectivity index (χ0n) is 14.3. The highest BCUT2D eigenvalue weighted by molar-refractivity contribution is 5.89. The van der Waals surface area contributed by atoms with Gasteiger partial charge in [-0.2, -0.15) is 0 Å². The van der Waals surface area contributed by atoms with Crippen LogP contribution in [0.3, 0.4) is 0 Å². The molecule has 0 aliphatic heterocycles. The van der Waals surface area contributed by atoms with Crippen LogP contribution in [0.2, 0.25) is 0 Å². The van der Waals surface area contributed by atoms with Crippen molar-refractivity contribution in [2.24, 2.45) is 0 Å². The number of fused-ring (bicyclic) bond motifs is 1. The highest BCUT2D eigenvalue weighted by atomic mass is 16.5. The average Bonchev–Trinajstić information content (AvgIpc) is 3.23. The molecule has 6 heteroatoms. The van der Waals surface area contributed by atoms with Gasteiger partial charge in [0.15, 0.2) is 5.43 Å². The second-order valence-corrected chi connectivity index (χ2v) is 5.73. The van der Waals surface area contributed by atoms with E-state index >= 15 is 0 Å². The summed E-state index contributed by atoms with van der Waals surface area (Å²) in [7, 11) is 1.58. The maximum atomic E-state index is 12.8. The summed E-state index contributed by atoms with van der Waals surface area (Å²) in [5.74, 6) is 0.416. The van der Waals surface area contributed by atoms with E-state index in [2.05, 4.69) is 0 Å². The first-order valence-corrected chi connectivity index (χ1v) is 8.11. The lowest BCUT2D eigenvalue weighted by Crippen LogP contribution is -2.08. The SMILES string of the molecule is COc1ccc(-c2coc3cc(OC(=O)c4ccco4)ccc3c2=O)cc1. The number of carbonyl (C=O) groups excluding carboxylic acids is 1. The van der Waals surface area contributed by atoms with Gasteiger partial charge in [0.2, 0.25) is 5.76 Å². The molecule has 2 aromatic carbocycles. The summed E-state index contributed by atoms with van der Waals surface area (Å²) in [5, 5.41) is 0.390. The molecule has 27 heavy (non-hydrogen) atoms. The Labute approximate surface area is 153 Å². The molecule has 0 spiro atoms. The highest BCUT2D eigenvalue weighted by Crippen LogP contribution is 2.25. The number of rotatable bonds is 4. The lowest BCUT2D eigenvalue weighted by molar-refractivity contribution is 0.0701. The second kappa shape index (κ2) is 6.84. The van der Waals surface area contributed by atoms with Crippen LogP contribution in [0.4, 0.5) is 0 Å². The van der Waals surface area contributed by atoms with Gasteiger partial charge >= 0.3 is 5.97 Å². The van der Waals surface area contributed by atoms with Gasteiger partial charge in [0.25, 0.3) is 0 Å². The number of hydrogen-bond donors (Lipinski definition) is 0. The van der Waals surface area contributed by atoms with Gasteiger partial charge in [-0.25, -0.2) is 4.79 Å². The fourth-order valence-electron chi connectivity index (χ4n) is 2.69. The van der Waals surface area contributed by atoms with Crippen LogP contribution in [0, 0.1) is 0 Å². The topological polar surface area (TPSA) is 78.9 Å². The first kappa shape index (κ1) is 16.7. The largest absolute Gasteiger partial charge is 0.497 e. The maximum absolute atomic E-state index is 12.8. The van der Waals surface area contributed by atoms with E-state index in [0.717, 1.165) is 5.56 Å². The van der Waals surface area contributed by atoms with Crippen molar-refractivity contribution < 1.29 is 23.1 Å². The summed E-state index contributed by atoms with van der Waals surface area (Å²) in [6, 6.07) is 14.8. The van der Waals surface area contributed by atoms with Crippen LogP contribution in [0.1, 0.15) is 10.6 Å². The Bertz CT molecular complexity index is 1150. The van der Waals surface area contributed by atoms with Crippen LogP contribution in [0.15, 0.2) is 80.8 Å². The number of benzene rings is 2. The van der Waals surface area contributed by atoms with E-state index < -0.39 is 5.97 Å². The Morgan fingerprint density at radius 1 is 0.963 bits per heavy atom. The van der Waals surface area contributed by atoms with E-state index in [4.69, 9.17) is 18.3 Å². The van der Waals surface area contributed by atoms with Crippen LogP contribution in [0.5, 0.6) is 11.5 Å². The molecule has 0 aliphatic carbocycles. The molecular weight excluding hydrogens is 348 g/mol. The summed E-state index contributed by atoms with van der Waals surface area (Å²) in [6.07, 6.45) is 2.78. The molecule has 0 saturated heterocycles. The van der Waals surface area contributed by atoms with Gasteiger partial charge < -0.3 is 18.3 Å². The van der Waals surface area contributed by atoms with E-state index in [9.17, 15) is 9.59 Å². The molecule has 134 valence electrons. The van der Waals surface area contributed by atoms with E-state index in [-0.39, 0.29) is 16.9 Å². The van der Waals surface area contributed by atoms with E-state index in [1.54, 1.807) is 43.5 Å². The maximum Gasteiger partial charge on any atom is 0.379 e. The molecule has 6 nitrogen and oxygen atoms in total. The van der Waals surface area contributed by atoms with Crippen molar-refractivity contribution in [3.05, 3.63) is 83.1 Å². The zero-order chi connectivity index (χ0) is 18.8. The van der Waals surface area contributed by atoms with Crippen molar-refractivity contribution in [3.8, 4) is 22.6 Å². The molecule has 0 N–H and O–H groups in total. The molecule has 0 aliphatic rings. The Morgan fingerprint density at radius 3 is 2.44 bits per heavy atom. The number of carbonyl (C=O) groups is 1. The van der Waals surface area contributed by atoms with Crippen molar-refractivity contribution in [2.45, 2.75) is 0 Å². The number of ether oxygens (including phenoxy) is 2. The minimum absolute atomic E-state index is 0.0893. The molecule has 0 saturated carbocycles. The summed E-state index contributed by atoms with van der Waals surface area (Å²) in [6.45, 7) is 0. The predicted molar refractivity (Wildman–Crippen MR) is 98.1 cm³/mol. The summed E-state index contributed by atoms with van der Waals surface area (Å²) in [4.78, 5) is 24.7. The van der Waals surface area contributed by atoms with E-state index in [1.165, 1.54) is 30.7 Å². The van der Waals surface area contributed by atoms with Gasteiger partial charge in [0.05, 0.1) is 24.3 Å². The molecule has 2 heterocycles. The van der Waals surface area contributed by atoms with Gasteiger partial charge in [-0.1, -0.05) is 12.1 Å². The van der Waals surface area contributed by atoms with E-state index in [1.807, 2.05) is 0 Å². The van der Waals surface area contributed by atoms with Crippen LogP contribution in [-0.2, 0) is 0 Å². The monoisotopic (exact) mass is 362 g/mol. The third-order valence-corrected chi connectivity index (χ3v) is 4.08. The van der Waals surface area contributed by atoms with Crippen LogP contribution >= 0.6 is 0 Å². The van der Waals surface area contributed by atoms with Crippen LogP contribution in [0.25, 0.3) is 22.1 Å². The Kier molecular flexibility index (Phi) is 4.22. The van der Waals surface area contributed by atoms with Crippen molar-refractivity contribution in [3.63, 3.8) is 0 Å². The fourth-order valence-corrected chi connectivity index (χ4v) is 2.69. The number of hydrogen-bond acceptors (Lipinski definition) is 6. The summed E-state index contributed by atoms with van der Waals surface area (Å²) < 4.78 is 21.0. The number of furan rings is 1. The van der Waals surface area contributed by atoms with Gasteiger partial charge in [0, 0.05) is 6.07 Å². The first-order chi connectivity index (χ1) is 13.2. The molecule has 0 unspecified atom stereocenters. The standard InChI is InChI=1S/C21H14O6/c1-24-14-6-4-13(5-7-14)17-12-26-19-11-15(8-9-16(19)20(17)22)27-21(23)18-3-2-10-25-18/h2-12H,1H3. The van der Waals surface area contributed by atoms with Crippen LogP contribution < -0.4 is 14.9 Å². The van der Waals surface area contributed by atoms with Gasteiger partial charge in [-0.3, -0.25) is 4.79 Å². The predicted octanol–water partition coefficient (Wildman–Crippen LogP) is 4.28. The van der Waals surface area contributed by atoms with Gasteiger partial charge in [-0.15, -0.1) is 0 Å². The second-order valence-electron chi connectivity index (χ2n) is 5.73. The first-order valence-electron chi connectivity index (χ1n) is 8.11. The average molecular weight is 362 g/mol. The molecule has 2 aromatic heterocycles. The van der Waals surface area contributed by atoms with Crippen molar-refractivity contribution in [2.75, 3.05) is 7.11 Å². The van der Waals surface area contributed by atoms with Gasteiger partial charge in [-0.05, 0) is 42.0 Å². The number of esters is 1. The smallest absolute Gasteiger partial charge is 0.379 e. The molecule has 4 aromatic rings. The minimum Gasteiger partial charge on any atom is -0.497 e. The molecule has 0 atom stereocenters.